The molecule has 0 saturated carbocycles. The molecule has 0 radical (unpaired) electrons. The van der Waals surface area contributed by atoms with Gasteiger partial charge in [0, 0.05) is 25.3 Å². The average molecular weight is 354 g/mol. The van der Waals surface area contributed by atoms with Crippen LogP contribution in [0, 0.1) is 13.8 Å². The van der Waals surface area contributed by atoms with E-state index in [0.717, 1.165) is 43.2 Å². The number of anilines is 1. The van der Waals surface area contributed by atoms with Gasteiger partial charge in [-0.05, 0) is 54.8 Å². The van der Waals surface area contributed by atoms with Crippen LogP contribution in [0.15, 0.2) is 42.5 Å². The van der Waals surface area contributed by atoms with Crippen molar-refractivity contribution < 1.29 is 14.3 Å². The number of carbonyl (C=O) groups is 1. The van der Waals surface area contributed by atoms with Crippen LogP contribution in [0.3, 0.4) is 0 Å². The second-order valence-electron chi connectivity index (χ2n) is 6.58. The summed E-state index contributed by atoms with van der Waals surface area (Å²) in [5.41, 5.74) is 4.63. The Kier molecular flexibility index (Phi) is 6.12. The third-order valence-electron chi connectivity index (χ3n) is 4.65. The molecule has 0 unspecified atom stereocenters. The fourth-order valence-electron chi connectivity index (χ4n) is 2.85. The average Bonchev–Trinajstić information content (AvgIpc) is 2.68. The lowest BCUT2D eigenvalue weighted by molar-refractivity contribution is -0.123. The van der Waals surface area contributed by atoms with Gasteiger partial charge in [-0.1, -0.05) is 18.2 Å². The number of rotatable bonds is 6. The van der Waals surface area contributed by atoms with E-state index in [0.29, 0.717) is 6.54 Å². The number of hydrogen-bond acceptors (Lipinski definition) is 4. The summed E-state index contributed by atoms with van der Waals surface area (Å²) in [6.07, 6.45) is 0. The third-order valence-corrected chi connectivity index (χ3v) is 4.65. The summed E-state index contributed by atoms with van der Waals surface area (Å²) < 4.78 is 10.9. The highest BCUT2D eigenvalue weighted by molar-refractivity contribution is 5.77. The summed E-state index contributed by atoms with van der Waals surface area (Å²) in [7, 11) is 0. The van der Waals surface area contributed by atoms with Crippen molar-refractivity contribution in [2.75, 3.05) is 37.8 Å². The topological polar surface area (TPSA) is 50.8 Å². The monoisotopic (exact) mass is 354 g/mol. The highest BCUT2D eigenvalue weighted by Gasteiger charge is 2.11. The van der Waals surface area contributed by atoms with E-state index in [1.165, 1.54) is 11.3 Å². The van der Waals surface area contributed by atoms with Gasteiger partial charge in [-0.2, -0.15) is 0 Å². The molecule has 5 nitrogen and oxygen atoms in total. The molecule has 0 atom stereocenters. The minimum Gasteiger partial charge on any atom is -0.484 e. The van der Waals surface area contributed by atoms with Gasteiger partial charge in [0.1, 0.15) is 5.75 Å². The molecule has 3 rings (SSSR count). The molecule has 0 aliphatic carbocycles. The number of nitrogens with zero attached hydrogens (tertiary/aromatic N) is 1. The fraction of sp³-hybridized carbons (Fsp3) is 0.381. The minimum atomic E-state index is -0.125. The standard InChI is InChI=1S/C21H26N2O3/c1-16-3-8-20(13-17(16)2)26-15-21(24)22-14-18-4-6-19(7-5-18)23-9-11-25-12-10-23/h3-8,13H,9-12,14-15H2,1-2H3,(H,22,24). The van der Waals surface area contributed by atoms with Crippen LogP contribution in [0.1, 0.15) is 16.7 Å². The molecule has 1 heterocycles. The number of carbonyl (C=O) groups excluding carboxylic acids is 1. The molecular formula is C21H26N2O3. The Labute approximate surface area is 154 Å². The largest absolute Gasteiger partial charge is 0.484 e. The molecule has 0 spiro atoms. The molecule has 1 saturated heterocycles. The smallest absolute Gasteiger partial charge is 0.258 e. The Morgan fingerprint density at radius 1 is 1.08 bits per heavy atom. The van der Waals surface area contributed by atoms with Crippen LogP contribution >= 0.6 is 0 Å². The van der Waals surface area contributed by atoms with E-state index in [1.54, 1.807) is 0 Å². The zero-order valence-corrected chi connectivity index (χ0v) is 15.5. The van der Waals surface area contributed by atoms with Crippen molar-refractivity contribution in [2.24, 2.45) is 0 Å². The molecule has 0 aromatic heterocycles. The summed E-state index contributed by atoms with van der Waals surface area (Å²) in [5, 5.41) is 2.90. The van der Waals surface area contributed by atoms with Crippen LogP contribution in [0.5, 0.6) is 5.75 Å². The van der Waals surface area contributed by atoms with Crippen LogP contribution in [-0.2, 0) is 16.1 Å². The number of benzene rings is 2. The maximum Gasteiger partial charge on any atom is 0.258 e. The maximum atomic E-state index is 12.0. The van der Waals surface area contributed by atoms with Gasteiger partial charge in [0.2, 0.25) is 0 Å². The summed E-state index contributed by atoms with van der Waals surface area (Å²) in [4.78, 5) is 14.3. The molecule has 1 N–H and O–H groups in total. The van der Waals surface area contributed by atoms with Crippen molar-refractivity contribution >= 4 is 11.6 Å². The maximum absolute atomic E-state index is 12.0. The number of nitrogens with one attached hydrogen (secondary N) is 1. The van der Waals surface area contributed by atoms with E-state index < -0.39 is 0 Å². The van der Waals surface area contributed by atoms with Crippen LogP contribution in [0.25, 0.3) is 0 Å². The minimum absolute atomic E-state index is 0.0222. The lowest BCUT2D eigenvalue weighted by Crippen LogP contribution is -2.36. The summed E-state index contributed by atoms with van der Waals surface area (Å²) >= 11 is 0. The number of aryl methyl sites for hydroxylation is 2. The highest BCUT2D eigenvalue weighted by Crippen LogP contribution is 2.17. The van der Waals surface area contributed by atoms with Gasteiger partial charge in [-0.25, -0.2) is 0 Å². The van der Waals surface area contributed by atoms with Gasteiger partial charge in [0.25, 0.3) is 5.91 Å². The zero-order chi connectivity index (χ0) is 18.4. The van der Waals surface area contributed by atoms with Crippen LogP contribution in [-0.4, -0.2) is 38.8 Å². The van der Waals surface area contributed by atoms with Crippen LogP contribution < -0.4 is 15.0 Å². The number of morpholine rings is 1. The molecule has 26 heavy (non-hydrogen) atoms. The summed E-state index contributed by atoms with van der Waals surface area (Å²) in [5.74, 6) is 0.596. The Hall–Kier alpha value is -2.53. The summed E-state index contributed by atoms with van der Waals surface area (Å²) in [6.45, 7) is 8.00. The molecule has 2 aromatic rings. The van der Waals surface area contributed by atoms with E-state index in [-0.39, 0.29) is 12.5 Å². The van der Waals surface area contributed by atoms with Crippen molar-refractivity contribution in [1.82, 2.24) is 5.32 Å². The zero-order valence-electron chi connectivity index (χ0n) is 15.5. The van der Waals surface area contributed by atoms with Gasteiger partial charge in [-0.15, -0.1) is 0 Å². The Balaban J connectivity index is 1.44. The molecular weight excluding hydrogens is 328 g/mol. The lowest BCUT2D eigenvalue weighted by atomic mass is 10.1. The van der Waals surface area contributed by atoms with Crippen LogP contribution in [0.4, 0.5) is 5.69 Å². The van der Waals surface area contributed by atoms with Crippen molar-refractivity contribution in [3.8, 4) is 5.75 Å². The van der Waals surface area contributed by atoms with Gasteiger partial charge in [-0.3, -0.25) is 4.79 Å². The first kappa shape index (κ1) is 18.3. The van der Waals surface area contributed by atoms with E-state index in [2.05, 4.69) is 41.4 Å². The van der Waals surface area contributed by atoms with E-state index in [9.17, 15) is 4.79 Å². The Morgan fingerprint density at radius 3 is 2.50 bits per heavy atom. The van der Waals surface area contributed by atoms with Crippen molar-refractivity contribution in [2.45, 2.75) is 20.4 Å². The molecule has 0 bridgehead atoms. The summed E-state index contributed by atoms with van der Waals surface area (Å²) in [6, 6.07) is 14.1. The molecule has 5 heteroatoms. The molecule has 2 aromatic carbocycles. The quantitative estimate of drug-likeness (QED) is 0.867. The van der Waals surface area contributed by atoms with Gasteiger partial charge >= 0.3 is 0 Å². The Bertz CT molecular complexity index is 737. The van der Waals surface area contributed by atoms with Gasteiger partial charge < -0.3 is 19.7 Å². The van der Waals surface area contributed by atoms with Gasteiger partial charge in [0.05, 0.1) is 13.2 Å². The molecule has 1 amide bonds. The Morgan fingerprint density at radius 2 is 1.81 bits per heavy atom. The third kappa shape index (κ3) is 4.99. The van der Waals surface area contributed by atoms with E-state index in [4.69, 9.17) is 9.47 Å². The van der Waals surface area contributed by atoms with Crippen molar-refractivity contribution in [3.05, 3.63) is 59.2 Å². The van der Waals surface area contributed by atoms with Gasteiger partial charge in [0.15, 0.2) is 6.61 Å². The van der Waals surface area contributed by atoms with Crippen molar-refractivity contribution in [1.29, 1.82) is 0 Å². The number of ether oxygens (including phenoxy) is 2. The number of amides is 1. The molecule has 138 valence electrons. The van der Waals surface area contributed by atoms with E-state index >= 15 is 0 Å². The SMILES string of the molecule is Cc1ccc(OCC(=O)NCc2ccc(N3CCOCC3)cc2)cc1C. The first-order chi connectivity index (χ1) is 12.6. The highest BCUT2D eigenvalue weighted by atomic mass is 16.5. The second kappa shape index (κ2) is 8.72. The lowest BCUT2D eigenvalue weighted by Gasteiger charge is -2.28. The van der Waals surface area contributed by atoms with Crippen molar-refractivity contribution in [3.63, 3.8) is 0 Å². The second-order valence-corrected chi connectivity index (χ2v) is 6.58. The molecule has 1 aliphatic heterocycles. The fourth-order valence-corrected chi connectivity index (χ4v) is 2.85. The van der Waals surface area contributed by atoms with E-state index in [1.807, 2.05) is 25.1 Å². The predicted octanol–water partition coefficient (Wildman–Crippen LogP) is 2.84. The number of hydrogen-bond donors (Lipinski definition) is 1. The van der Waals surface area contributed by atoms with Crippen LogP contribution in [0.2, 0.25) is 0 Å². The molecule has 1 fully saturated rings. The molecule has 1 aliphatic rings. The predicted molar refractivity (Wildman–Crippen MR) is 103 cm³/mol. The first-order valence-corrected chi connectivity index (χ1v) is 9.00. The normalized spacial score (nSPS) is 14.2. The first-order valence-electron chi connectivity index (χ1n) is 9.00.